The highest BCUT2D eigenvalue weighted by molar-refractivity contribution is 7.25. The molecule has 9 aromatic carbocycles. The van der Waals surface area contributed by atoms with Crippen LogP contribution in [-0.4, -0.2) is 15.0 Å². The van der Waals surface area contributed by atoms with Crippen molar-refractivity contribution >= 4 is 31.5 Å². The zero-order valence-electron chi connectivity index (χ0n) is 33.5. The number of hydrogen-bond donors (Lipinski definition) is 0. The van der Waals surface area contributed by atoms with Gasteiger partial charge in [-0.05, 0) is 85.0 Å². The van der Waals surface area contributed by atoms with Crippen molar-refractivity contribution in [1.82, 2.24) is 15.0 Å². The van der Waals surface area contributed by atoms with Crippen LogP contribution in [0.15, 0.2) is 212 Å². The van der Waals surface area contributed by atoms with E-state index in [4.69, 9.17) is 15.0 Å². The molecular formula is C58H35N3S. The average Bonchev–Trinajstić information content (AvgIpc) is 3.98. The Morgan fingerprint density at radius 2 is 0.742 bits per heavy atom. The minimum absolute atomic E-state index is 0.380. The van der Waals surface area contributed by atoms with E-state index in [9.17, 15) is 0 Å². The average molecular weight is 806 g/mol. The summed E-state index contributed by atoms with van der Waals surface area (Å²) in [6.07, 6.45) is 0. The Bertz CT molecular complexity index is 3520. The summed E-state index contributed by atoms with van der Waals surface area (Å²) in [5.74, 6) is 1.93. The molecule has 0 saturated carbocycles. The molecule has 0 bridgehead atoms. The van der Waals surface area contributed by atoms with E-state index in [0.29, 0.717) is 17.5 Å². The van der Waals surface area contributed by atoms with Crippen LogP contribution in [0, 0.1) is 0 Å². The first-order valence-electron chi connectivity index (χ1n) is 21.1. The maximum Gasteiger partial charge on any atom is 0.164 e. The second kappa shape index (κ2) is 13.6. The topological polar surface area (TPSA) is 38.7 Å². The van der Waals surface area contributed by atoms with E-state index < -0.39 is 0 Å². The molecule has 0 radical (unpaired) electrons. The molecule has 1 spiro atoms. The predicted molar refractivity (Wildman–Crippen MR) is 256 cm³/mol. The molecule has 0 aliphatic heterocycles. The third-order valence-corrected chi connectivity index (χ3v) is 14.1. The minimum atomic E-state index is -0.380. The van der Waals surface area contributed by atoms with Crippen LogP contribution in [-0.2, 0) is 5.41 Å². The van der Waals surface area contributed by atoms with Crippen molar-refractivity contribution in [3.05, 3.63) is 235 Å². The number of hydrogen-bond acceptors (Lipinski definition) is 4. The number of fused-ring (bicyclic) bond motifs is 13. The Morgan fingerprint density at radius 3 is 1.40 bits per heavy atom. The first-order chi connectivity index (χ1) is 30.7. The number of benzene rings is 9. The maximum atomic E-state index is 5.13. The van der Waals surface area contributed by atoms with Gasteiger partial charge in [0, 0.05) is 36.9 Å². The van der Waals surface area contributed by atoms with Crippen LogP contribution in [0.3, 0.4) is 0 Å². The molecule has 2 aliphatic rings. The van der Waals surface area contributed by atoms with E-state index in [1.54, 1.807) is 0 Å². The highest BCUT2D eigenvalue weighted by atomic mass is 32.1. The fraction of sp³-hybridized carbons (Fsp3) is 0.0172. The Hall–Kier alpha value is -7.79. The summed E-state index contributed by atoms with van der Waals surface area (Å²) in [6, 6.07) is 76.8. The van der Waals surface area contributed by atoms with E-state index in [1.165, 1.54) is 75.8 Å². The Morgan fingerprint density at radius 1 is 0.290 bits per heavy atom. The number of nitrogens with zero attached hydrogens (tertiary/aromatic N) is 3. The molecular weight excluding hydrogens is 771 g/mol. The monoisotopic (exact) mass is 805 g/mol. The van der Waals surface area contributed by atoms with Crippen LogP contribution in [0.1, 0.15) is 22.3 Å². The van der Waals surface area contributed by atoms with E-state index >= 15 is 0 Å². The van der Waals surface area contributed by atoms with E-state index in [0.717, 1.165) is 27.8 Å². The Labute approximate surface area is 363 Å². The zero-order valence-corrected chi connectivity index (χ0v) is 34.3. The van der Waals surface area contributed by atoms with Crippen molar-refractivity contribution in [2.24, 2.45) is 0 Å². The molecule has 0 amide bonds. The second-order valence-electron chi connectivity index (χ2n) is 16.3. The highest BCUT2D eigenvalue weighted by Gasteiger charge is 2.51. The Kier molecular flexibility index (Phi) is 7.69. The van der Waals surface area contributed by atoms with Crippen molar-refractivity contribution in [3.8, 4) is 78.7 Å². The van der Waals surface area contributed by atoms with Gasteiger partial charge in [-0.1, -0.05) is 194 Å². The molecule has 13 rings (SSSR count). The molecule has 2 heterocycles. The normalized spacial score (nSPS) is 13.0. The predicted octanol–water partition coefficient (Wildman–Crippen LogP) is 14.9. The van der Waals surface area contributed by atoms with Crippen molar-refractivity contribution in [1.29, 1.82) is 0 Å². The number of rotatable bonds is 5. The van der Waals surface area contributed by atoms with Gasteiger partial charge in [-0.15, -0.1) is 11.3 Å². The van der Waals surface area contributed by atoms with E-state index in [-0.39, 0.29) is 5.41 Å². The maximum absolute atomic E-state index is 5.13. The summed E-state index contributed by atoms with van der Waals surface area (Å²) in [6.45, 7) is 0. The standard InChI is InChI=1S/C58H35N3S/c1-2-13-38(14-3-1)55-59-56(39-29-25-36(26-30-39)41-33-34-53-47(35-41)45-17-7-11-24-52(45)62-53)61-57(60-55)40-31-27-37(28-32-40)42-19-12-23-51-54(42)46-18-6-10-22-50(46)58(51)48-20-8-4-15-43(48)44-16-5-9-21-49(44)58/h1-35H. The molecule has 0 saturated heterocycles. The van der Waals surface area contributed by atoms with Gasteiger partial charge in [-0.25, -0.2) is 15.0 Å². The molecule has 0 N–H and O–H groups in total. The molecule has 2 aliphatic carbocycles. The van der Waals surface area contributed by atoms with Crippen molar-refractivity contribution in [2.45, 2.75) is 5.41 Å². The van der Waals surface area contributed by atoms with Gasteiger partial charge in [-0.3, -0.25) is 0 Å². The van der Waals surface area contributed by atoms with Gasteiger partial charge in [0.2, 0.25) is 0 Å². The smallest absolute Gasteiger partial charge is 0.164 e. The summed E-state index contributed by atoms with van der Waals surface area (Å²) in [5.41, 5.74) is 17.7. The van der Waals surface area contributed by atoms with E-state index in [2.05, 4.69) is 194 Å². The molecule has 0 atom stereocenters. The fourth-order valence-electron chi connectivity index (χ4n) is 10.3. The van der Waals surface area contributed by atoms with Crippen LogP contribution >= 0.6 is 11.3 Å². The lowest BCUT2D eigenvalue weighted by molar-refractivity contribution is 0.794. The molecule has 288 valence electrons. The summed E-state index contributed by atoms with van der Waals surface area (Å²) in [7, 11) is 0. The van der Waals surface area contributed by atoms with Gasteiger partial charge in [-0.2, -0.15) is 0 Å². The van der Waals surface area contributed by atoms with Gasteiger partial charge in [0.15, 0.2) is 17.5 Å². The molecule has 4 heteroatoms. The first-order valence-corrected chi connectivity index (χ1v) is 21.9. The SMILES string of the molecule is c1ccc(-c2nc(-c3ccc(-c4ccc5sc6ccccc6c5c4)cc3)nc(-c3ccc(-c4cccc5c4-c4ccccc4C54c5ccccc5-c5ccccc54)cc3)n2)cc1. The van der Waals surface area contributed by atoms with Gasteiger partial charge in [0.05, 0.1) is 5.41 Å². The lowest BCUT2D eigenvalue weighted by Crippen LogP contribution is -2.25. The number of thiophene rings is 1. The fourth-order valence-corrected chi connectivity index (χ4v) is 11.3. The Balaban J connectivity index is 0.897. The summed E-state index contributed by atoms with van der Waals surface area (Å²) < 4.78 is 2.62. The summed E-state index contributed by atoms with van der Waals surface area (Å²) in [4.78, 5) is 15.2. The lowest BCUT2D eigenvalue weighted by Gasteiger charge is -2.30. The second-order valence-corrected chi connectivity index (χ2v) is 17.3. The van der Waals surface area contributed by atoms with Gasteiger partial charge < -0.3 is 0 Å². The van der Waals surface area contributed by atoms with Gasteiger partial charge in [0.25, 0.3) is 0 Å². The molecule has 2 aromatic heterocycles. The van der Waals surface area contributed by atoms with Gasteiger partial charge >= 0.3 is 0 Å². The summed E-state index contributed by atoms with van der Waals surface area (Å²) in [5, 5.41) is 2.60. The van der Waals surface area contributed by atoms with E-state index in [1.807, 2.05) is 29.5 Å². The van der Waals surface area contributed by atoms with Crippen LogP contribution < -0.4 is 0 Å². The quantitative estimate of drug-likeness (QED) is 0.174. The largest absolute Gasteiger partial charge is 0.208 e. The lowest BCUT2D eigenvalue weighted by atomic mass is 9.70. The molecule has 0 fully saturated rings. The van der Waals surface area contributed by atoms with Crippen molar-refractivity contribution in [2.75, 3.05) is 0 Å². The zero-order chi connectivity index (χ0) is 40.8. The first kappa shape index (κ1) is 35.0. The van der Waals surface area contributed by atoms with Crippen LogP contribution in [0.5, 0.6) is 0 Å². The number of aromatic nitrogens is 3. The van der Waals surface area contributed by atoms with Gasteiger partial charge in [0.1, 0.15) is 0 Å². The third kappa shape index (κ3) is 5.14. The molecule has 62 heavy (non-hydrogen) atoms. The molecule has 3 nitrogen and oxygen atoms in total. The molecule has 11 aromatic rings. The minimum Gasteiger partial charge on any atom is -0.208 e. The third-order valence-electron chi connectivity index (χ3n) is 13.0. The van der Waals surface area contributed by atoms with Crippen molar-refractivity contribution in [3.63, 3.8) is 0 Å². The van der Waals surface area contributed by atoms with Crippen LogP contribution in [0.2, 0.25) is 0 Å². The highest BCUT2D eigenvalue weighted by Crippen LogP contribution is 2.63. The van der Waals surface area contributed by atoms with Crippen molar-refractivity contribution < 1.29 is 0 Å². The summed E-state index contributed by atoms with van der Waals surface area (Å²) >= 11 is 1.84. The molecule has 0 unspecified atom stereocenters. The van der Waals surface area contributed by atoms with Crippen LogP contribution in [0.4, 0.5) is 0 Å². The van der Waals surface area contributed by atoms with Crippen LogP contribution in [0.25, 0.3) is 98.8 Å².